The predicted molar refractivity (Wildman–Crippen MR) is 107 cm³/mol. The second kappa shape index (κ2) is 7.33. The van der Waals surface area contributed by atoms with Crippen LogP contribution in [0.4, 0.5) is 5.69 Å². The zero-order chi connectivity index (χ0) is 19.8. The van der Waals surface area contributed by atoms with E-state index in [0.717, 1.165) is 21.6 Å². The topological polar surface area (TPSA) is 76.1 Å². The maximum Gasteiger partial charge on any atom is 0.272 e. The molecule has 0 spiro atoms. The summed E-state index contributed by atoms with van der Waals surface area (Å²) in [6.07, 6.45) is 0. The van der Waals surface area contributed by atoms with E-state index in [1.54, 1.807) is 18.2 Å². The number of thioether (sulfide) groups is 1. The number of aliphatic hydroxyl groups excluding tert-OH is 1. The molecule has 2 heterocycles. The third-order valence-corrected chi connectivity index (χ3v) is 5.70. The first-order chi connectivity index (χ1) is 13.5. The molecule has 144 valence electrons. The number of rotatable bonds is 5. The molecule has 2 amide bonds. The minimum Gasteiger partial charge on any atom is -0.454 e. The molecule has 0 aromatic heterocycles. The average molecular weight is 397 g/mol. The molecule has 0 bridgehead atoms. The first-order valence-corrected chi connectivity index (χ1v) is 9.84. The Balaban J connectivity index is 1.79. The van der Waals surface area contributed by atoms with E-state index in [0.29, 0.717) is 33.4 Å². The molecule has 2 aliphatic rings. The van der Waals surface area contributed by atoms with E-state index in [1.165, 1.54) is 11.8 Å². The molecule has 6 nitrogen and oxygen atoms in total. The number of hydrogen-bond donors (Lipinski definition) is 1. The summed E-state index contributed by atoms with van der Waals surface area (Å²) in [5.41, 5.74) is 3.54. The third-order valence-electron chi connectivity index (χ3n) is 4.64. The van der Waals surface area contributed by atoms with Gasteiger partial charge in [-0.25, -0.2) is 4.90 Å². The van der Waals surface area contributed by atoms with Gasteiger partial charge in [0.15, 0.2) is 11.5 Å². The minimum absolute atomic E-state index is 0.0835. The van der Waals surface area contributed by atoms with Crippen molar-refractivity contribution in [2.45, 2.75) is 13.8 Å². The van der Waals surface area contributed by atoms with Crippen LogP contribution in [0.3, 0.4) is 0 Å². The van der Waals surface area contributed by atoms with Crippen molar-refractivity contribution >= 4 is 34.8 Å². The SMILES string of the molecule is Cc1ccc(C2=C(SCCO)C(=O)N(c3ccc4c(c3)OCO4)C2=O)c(C)c1. The number of imide groups is 1. The number of nitrogens with zero attached hydrogens (tertiary/aromatic N) is 1. The minimum atomic E-state index is -0.391. The van der Waals surface area contributed by atoms with Gasteiger partial charge < -0.3 is 14.6 Å². The quantitative estimate of drug-likeness (QED) is 0.782. The van der Waals surface area contributed by atoms with Crippen molar-refractivity contribution in [1.82, 2.24) is 0 Å². The molecule has 1 N–H and O–H groups in total. The summed E-state index contributed by atoms with van der Waals surface area (Å²) in [5.74, 6) is 0.647. The van der Waals surface area contributed by atoms with Gasteiger partial charge in [-0.3, -0.25) is 9.59 Å². The van der Waals surface area contributed by atoms with E-state index >= 15 is 0 Å². The van der Waals surface area contributed by atoms with E-state index in [-0.39, 0.29) is 19.3 Å². The number of carbonyl (C=O) groups excluding carboxylic acids is 2. The van der Waals surface area contributed by atoms with Crippen LogP contribution in [0.1, 0.15) is 16.7 Å². The zero-order valence-corrected chi connectivity index (χ0v) is 16.3. The van der Waals surface area contributed by atoms with Gasteiger partial charge in [-0.15, -0.1) is 11.8 Å². The Hall–Kier alpha value is -2.77. The van der Waals surface area contributed by atoms with Gasteiger partial charge >= 0.3 is 0 Å². The lowest BCUT2D eigenvalue weighted by Crippen LogP contribution is -2.31. The second-order valence-corrected chi connectivity index (χ2v) is 7.68. The molecule has 2 aromatic carbocycles. The molecular weight excluding hydrogens is 378 g/mol. The van der Waals surface area contributed by atoms with E-state index in [2.05, 4.69) is 0 Å². The van der Waals surface area contributed by atoms with Gasteiger partial charge in [0, 0.05) is 11.8 Å². The number of carbonyl (C=O) groups is 2. The van der Waals surface area contributed by atoms with Gasteiger partial charge in [0.05, 0.1) is 22.8 Å². The Bertz CT molecular complexity index is 1010. The van der Waals surface area contributed by atoms with Crippen LogP contribution >= 0.6 is 11.8 Å². The fraction of sp³-hybridized carbons (Fsp3) is 0.238. The number of anilines is 1. The molecule has 0 saturated carbocycles. The highest BCUT2D eigenvalue weighted by molar-refractivity contribution is 8.04. The molecule has 0 atom stereocenters. The number of aliphatic hydroxyl groups is 1. The molecule has 0 aliphatic carbocycles. The molecule has 0 saturated heterocycles. The smallest absolute Gasteiger partial charge is 0.272 e. The van der Waals surface area contributed by atoms with Crippen molar-refractivity contribution in [2.24, 2.45) is 0 Å². The van der Waals surface area contributed by atoms with Crippen molar-refractivity contribution in [3.8, 4) is 11.5 Å². The van der Waals surface area contributed by atoms with E-state index in [9.17, 15) is 14.7 Å². The number of benzene rings is 2. The lowest BCUT2D eigenvalue weighted by molar-refractivity contribution is -0.119. The second-order valence-electron chi connectivity index (χ2n) is 6.58. The van der Waals surface area contributed by atoms with E-state index in [1.807, 2.05) is 32.0 Å². The van der Waals surface area contributed by atoms with Crippen LogP contribution in [-0.2, 0) is 9.59 Å². The number of ether oxygens (including phenoxy) is 2. The van der Waals surface area contributed by atoms with Gasteiger partial charge in [-0.2, -0.15) is 0 Å². The van der Waals surface area contributed by atoms with Gasteiger partial charge in [-0.05, 0) is 37.1 Å². The Morgan fingerprint density at radius 2 is 1.82 bits per heavy atom. The average Bonchev–Trinajstić information content (AvgIpc) is 3.22. The van der Waals surface area contributed by atoms with Crippen molar-refractivity contribution in [2.75, 3.05) is 24.1 Å². The molecule has 2 aromatic rings. The van der Waals surface area contributed by atoms with Crippen molar-refractivity contribution in [3.05, 3.63) is 58.0 Å². The molecule has 7 heteroatoms. The number of aryl methyl sites for hydroxylation is 2. The first kappa shape index (κ1) is 18.6. The maximum absolute atomic E-state index is 13.3. The summed E-state index contributed by atoms with van der Waals surface area (Å²) in [7, 11) is 0. The fourth-order valence-electron chi connectivity index (χ4n) is 3.38. The highest BCUT2D eigenvalue weighted by atomic mass is 32.2. The van der Waals surface area contributed by atoms with Crippen molar-refractivity contribution < 1.29 is 24.2 Å². The molecule has 0 unspecified atom stereocenters. The summed E-state index contributed by atoms with van der Waals surface area (Å²) >= 11 is 1.20. The normalized spacial score (nSPS) is 15.8. The van der Waals surface area contributed by atoms with Crippen LogP contribution in [0.25, 0.3) is 5.57 Å². The third kappa shape index (κ3) is 3.06. The van der Waals surface area contributed by atoms with Crippen molar-refractivity contribution in [3.63, 3.8) is 0 Å². The number of hydrogen-bond acceptors (Lipinski definition) is 6. The Morgan fingerprint density at radius 3 is 2.57 bits per heavy atom. The van der Waals surface area contributed by atoms with Crippen molar-refractivity contribution in [1.29, 1.82) is 0 Å². The predicted octanol–water partition coefficient (Wildman–Crippen LogP) is 3.04. The summed E-state index contributed by atoms with van der Waals surface area (Å²) in [6.45, 7) is 3.93. The molecule has 2 aliphatic heterocycles. The van der Waals surface area contributed by atoms with Gasteiger partial charge in [0.2, 0.25) is 6.79 Å². The van der Waals surface area contributed by atoms with Crippen LogP contribution in [0.15, 0.2) is 41.3 Å². The van der Waals surface area contributed by atoms with E-state index in [4.69, 9.17) is 9.47 Å². The monoisotopic (exact) mass is 397 g/mol. The summed E-state index contributed by atoms with van der Waals surface area (Å²) < 4.78 is 10.7. The maximum atomic E-state index is 13.3. The number of amides is 2. The summed E-state index contributed by atoms with van der Waals surface area (Å²) in [5, 5.41) is 9.23. The van der Waals surface area contributed by atoms with Gasteiger partial charge in [0.1, 0.15) is 0 Å². The molecule has 0 radical (unpaired) electrons. The molecule has 4 rings (SSSR count). The number of fused-ring (bicyclic) bond motifs is 1. The summed E-state index contributed by atoms with van der Waals surface area (Å²) in [6, 6.07) is 10.8. The summed E-state index contributed by atoms with van der Waals surface area (Å²) in [4.78, 5) is 28.0. The lowest BCUT2D eigenvalue weighted by Gasteiger charge is -2.16. The molecule has 0 fully saturated rings. The molecule has 28 heavy (non-hydrogen) atoms. The highest BCUT2D eigenvalue weighted by Crippen LogP contribution is 2.42. The standard InChI is InChI=1S/C21H19NO5S/c1-12-3-5-15(13(2)9-12)18-19(28-8-7-23)21(25)22(20(18)24)14-4-6-16-17(10-14)27-11-26-16/h3-6,9-10,23H,7-8,11H2,1-2H3. The van der Waals surface area contributed by atoms with Gasteiger partial charge in [0.25, 0.3) is 11.8 Å². The highest BCUT2D eigenvalue weighted by Gasteiger charge is 2.41. The van der Waals surface area contributed by atoms with Crippen LogP contribution in [0, 0.1) is 13.8 Å². The van der Waals surface area contributed by atoms with Crippen LogP contribution in [-0.4, -0.2) is 36.1 Å². The largest absolute Gasteiger partial charge is 0.454 e. The van der Waals surface area contributed by atoms with Crippen LogP contribution in [0.2, 0.25) is 0 Å². The zero-order valence-electron chi connectivity index (χ0n) is 15.5. The van der Waals surface area contributed by atoms with Gasteiger partial charge in [-0.1, -0.05) is 23.8 Å². The van der Waals surface area contributed by atoms with Crippen LogP contribution < -0.4 is 14.4 Å². The Kier molecular flexibility index (Phi) is 4.87. The lowest BCUT2D eigenvalue weighted by atomic mass is 9.99. The fourth-order valence-corrected chi connectivity index (χ4v) is 4.23. The Labute approximate surface area is 166 Å². The first-order valence-electron chi connectivity index (χ1n) is 8.85. The van der Waals surface area contributed by atoms with Crippen LogP contribution in [0.5, 0.6) is 11.5 Å². The van der Waals surface area contributed by atoms with E-state index < -0.39 is 5.91 Å². The Morgan fingerprint density at radius 1 is 1.04 bits per heavy atom. The molecular formula is C21H19NO5S.